The van der Waals surface area contributed by atoms with Gasteiger partial charge >= 0.3 is 6.18 Å². The molecule has 1 N–H and O–H groups in total. The molecule has 1 saturated heterocycles. The molecule has 2 nitrogen and oxygen atoms in total. The Morgan fingerprint density at radius 1 is 1.18 bits per heavy atom. The summed E-state index contributed by atoms with van der Waals surface area (Å²) in [4.78, 5) is 3.81. The van der Waals surface area contributed by atoms with Gasteiger partial charge in [-0.1, -0.05) is 17.7 Å². The van der Waals surface area contributed by atoms with Crippen LogP contribution in [0, 0.1) is 0 Å². The van der Waals surface area contributed by atoms with Crippen LogP contribution in [0.25, 0.3) is 11.1 Å². The lowest BCUT2D eigenvalue weighted by Crippen LogP contribution is -2.44. The summed E-state index contributed by atoms with van der Waals surface area (Å²) in [6, 6.07) is 8.45. The molecule has 0 radical (unpaired) electrons. The lowest BCUT2D eigenvalue weighted by atomic mass is 9.88. The number of halogens is 4. The van der Waals surface area contributed by atoms with Crippen LogP contribution in [0.15, 0.2) is 35.2 Å². The van der Waals surface area contributed by atoms with E-state index in [1.165, 1.54) is 22.2 Å². The summed E-state index contributed by atoms with van der Waals surface area (Å²) in [5.41, 5.74) is 3.52. The molecule has 0 spiro atoms. The van der Waals surface area contributed by atoms with Gasteiger partial charge in [-0.3, -0.25) is 0 Å². The number of alkyl halides is 3. The molecule has 5 rings (SSSR count). The largest absolute Gasteiger partial charge is 0.416 e. The van der Waals surface area contributed by atoms with Crippen LogP contribution in [0.1, 0.15) is 29.9 Å². The van der Waals surface area contributed by atoms with Crippen molar-refractivity contribution in [2.24, 2.45) is 0 Å². The molecule has 3 aliphatic heterocycles. The van der Waals surface area contributed by atoms with Gasteiger partial charge in [0, 0.05) is 40.5 Å². The molecule has 0 unspecified atom stereocenters. The maximum Gasteiger partial charge on any atom is 0.416 e. The normalized spacial score (nSPS) is 23.9. The molecule has 148 valence electrons. The quantitative estimate of drug-likeness (QED) is 0.624. The highest BCUT2D eigenvalue weighted by Gasteiger charge is 2.42. The summed E-state index contributed by atoms with van der Waals surface area (Å²) in [5.74, 6) is 1.48. The van der Waals surface area contributed by atoms with Gasteiger partial charge in [0.25, 0.3) is 0 Å². The highest BCUT2D eigenvalue weighted by Crippen LogP contribution is 2.51. The van der Waals surface area contributed by atoms with Crippen LogP contribution in [-0.2, 0) is 6.18 Å². The first-order chi connectivity index (χ1) is 13.4. The van der Waals surface area contributed by atoms with Crippen molar-refractivity contribution in [3.63, 3.8) is 0 Å². The number of rotatable bonds is 1. The van der Waals surface area contributed by atoms with E-state index in [0.717, 1.165) is 55.9 Å². The Balaban J connectivity index is 1.63. The summed E-state index contributed by atoms with van der Waals surface area (Å²) < 4.78 is 39.0. The van der Waals surface area contributed by atoms with Gasteiger partial charge in [-0.25, -0.2) is 0 Å². The molecule has 1 fully saturated rings. The first-order valence-corrected chi connectivity index (χ1v) is 10.9. The van der Waals surface area contributed by atoms with Gasteiger partial charge in [0.15, 0.2) is 0 Å². The number of hydrogen-bond donors (Lipinski definition) is 1. The van der Waals surface area contributed by atoms with Gasteiger partial charge in [0.1, 0.15) is 0 Å². The summed E-state index contributed by atoms with van der Waals surface area (Å²) in [7, 11) is 0. The Bertz CT molecular complexity index is 931. The van der Waals surface area contributed by atoms with E-state index in [-0.39, 0.29) is 5.02 Å². The Labute approximate surface area is 171 Å². The topological polar surface area (TPSA) is 15.3 Å². The van der Waals surface area contributed by atoms with Crippen molar-refractivity contribution in [1.82, 2.24) is 5.32 Å². The number of benzene rings is 2. The maximum absolute atomic E-state index is 13.0. The number of thioether (sulfide) groups is 1. The number of hydrogen-bond acceptors (Lipinski definition) is 3. The second-order valence-electron chi connectivity index (χ2n) is 7.67. The van der Waals surface area contributed by atoms with Gasteiger partial charge in [0.05, 0.1) is 11.3 Å². The first-order valence-electron chi connectivity index (χ1n) is 9.59. The van der Waals surface area contributed by atoms with Crippen LogP contribution in [0.5, 0.6) is 0 Å². The third-order valence-corrected chi connectivity index (χ3v) is 7.47. The highest BCUT2D eigenvalue weighted by molar-refractivity contribution is 7.99. The fraction of sp³-hybridized carbons (Fsp3) is 0.429. The molecular formula is C21H20ClF3N2S. The van der Waals surface area contributed by atoms with Crippen LogP contribution < -0.4 is 10.2 Å². The van der Waals surface area contributed by atoms with Crippen LogP contribution in [0.4, 0.5) is 18.9 Å². The van der Waals surface area contributed by atoms with Crippen molar-refractivity contribution in [2.75, 3.05) is 30.3 Å². The van der Waals surface area contributed by atoms with Gasteiger partial charge in [-0.15, -0.1) is 11.8 Å². The Morgan fingerprint density at radius 3 is 2.82 bits per heavy atom. The standard InChI is InChI=1S/C21H20ClF3N2S/c22-17-10-13(21(23,24)25)2-3-14(17)12-8-15-16-11-26-5-4-18(16)27-6-1-7-28-19(9-12)20(15)27/h2-3,8-10,16,18,26H,1,4-7,11H2/t16-,18-/m0/s1. The smallest absolute Gasteiger partial charge is 0.367 e. The van der Waals surface area contributed by atoms with E-state index in [9.17, 15) is 13.2 Å². The summed E-state index contributed by atoms with van der Waals surface area (Å²) in [6.45, 7) is 3.06. The zero-order valence-corrected chi connectivity index (χ0v) is 16.7. The molecule has 3 aliphatic rings. The summed E-state index contributed by atoms with van der Waals surface area (Å²) in [6.07, 6.45) is -2.12. The van der Waals surface area contributed by atoms with Crippen LogP contribution >= 0.6 is 23.4 Å². The zero-order chi connectivity index (χ0) is 19.5. The Hall–Kier alpha value is -1.37. The predicted octanol–water partition coefficient (Wildman–Crippen LogP) is 5.79. The monoisotopic (exact) mass is 424 g/mol. The minimum Gasteiger partial charge on any atom is -0.367 e. The number of anilines is 1. The van der Waals surface area contributed by atoms with Crippen LogP contribution in [0.3, 0.4) is 0 Å². The molecule has 2 aromatic rings. The average molecular weight is 425 g/mol. The molecule has 2 aromatic carbocycles. The molecule has 0 aromatic heterocycles. The summed E-state index contributed by atoms with van der Waals surface area (Å²) >= 11 is 8.15. The fourth-order valence-electron chi connectivity index (χ4n) is 4.81. The minimum absolute atomic E-state index is 0.147. The van der Waals surface area contributed by atoms with Crippen molar-refractivity contribution >= 4 is 29.1 Å². The number of nitrogens with one attached hydrogen (secondary N) is 1. The van der Waals surface area contributed by atoms with E-state index in [1.807, 2.05) is 11.8 Å². The predicted molar refractivity (Wildman–Crippen MR) is 109 cm³/mol. The van der Waals surface area contributed by atoms with E-state index >= 15 is 0 Å². The van der Waals surface area contributed by atoms with Crippen LogP contribution in [-0.4, -0.2) is 31.4 Å². The van der Waals surface area contributed by atoms with E-state index in [4.69, 9.17) is 11.6 Å². The lowest BCUT2D eigenvalue weighted by molar-refractivity contribution is -0.137. The van der Waals surface area contributed by atoms with Crippen LogP contribution in [0.2, 0.25) is 5.02 Å². The third-order valence-electron chi connectivity index (χ3n) is 6.05. The van der Waals surface area contributed by atoms with Crippen molar-refractivity contribution in [1.29, 1.82) is 0 Å². The number of fused-ring (bicyclic) bond motifs is 3. The van der Waals surface area contributed by atoms with Crippen molar-refractivity contribution in [3.8, 4) is 11.1 Å². The molecule has 0 aliphatic carbocycles. The molecular weight excluding hydrogens is 405 g/mol. The molecule has 7 heteroatoms. The molecule has 2 atom stereocenters. The molecule has 0 bridgehead atoms. The minimum atomic E-state index is -4.39. The van der Waals surface area contributed by atoms with Crippen molar-refractivity contribution in [2.45, 2.75) is 35.9 Å². The SMILES string of the molecule is FC(F)(F)c1ccc(-c2cc3c4c(c2)[C@@H]2CNCC[C@@H]2N4CCCS3)c(Cl)c1. The van der Waals surface area contributed by atoms with E-state index in [1.54, 1.807) is 0 Å². The van der Waals surface area contributed by atoms with Crippen molar-refractivity contribution in [3.05, 3.63) is 46.5 Å². The molecule has 28 heavy (non-hydrogen) atoms. The van der Waals surface area contributed by atoms with Gasteiger partial charge in [-0.2, -0.15) is 13.2 Å². The summed E-state index contributed by atoms with van der Waals surface area (Å²) in [5, 5.41) is 3.65. The first kappa shape index (κ1) is 18.6. The van der Waals surface area contributed by atoms with E-state index in [0.29, 0.717) is 17.5 Å². The van der Waals surface area contributed by atoms with E-state index < -0.39 is 11.7 Å². The Kier molecular flexibility index (Phi) is 4.56. The molecule has 3 heterocycles. The maximum atomic E-state index is 13.0. The second-order valence-corrected chi connectivity index (χ2v) is 9.21. The van der Waals surface area contributed by atoms with Crippen molar-refractivity contribution < 1.29 is 13.2 Å². The van der Waals surface area contributed by atoms with Gasteiger partial charge in [0.2, 0.25) is 0 Å². The molecule has 0 amide bonds. The average Bonchev–Trinajstić information content (AvgIpc) is 2.82. The third kappa shape index (κ3) is 3.01. The number of piperidine rings is 1. The zero-order valence-electron chi connectivity index (χ0n) is 15.2. The highest BCUT2D eigenvalue weighted by atomic mass is 35.5. The number of nitrogens with zero attached hydrogens (tertiary/aromatic N) is 1. The fourth-order valence-corrected chi connectivity index (χ4v) is 6.17. The van der Waals surface area contributed by atoms with Gasteiger partial charge in [-0.05, 0) is 60.5 Å². The van der Waals surface area contributed by atoms with E-state index in [2.05, 4.69) is 22.3 Å². The lowest BCUT2D eigenvalue weighted by Gasteiger charge is -2.33. The molecule has 0 saturated carbocycles. The van der Waals surface area contributed by atoms with Gasteiger partial charge < -0.3 is 10.2 Å². The Morgan fingerprint density at radius 2 is 2.04 bits per heavy atom. The second kappa shape index (κ2) is 6.85.